The maximum Gasteiger partial charge on any atom is 0.323 e. The van der Waals surface area contributed by atoms with Gasteiger partial charge in [0.25, 0.3) is 0 Å². The van der Waals surface area contributed by atoms with Gasteiger partial charge in [0.1, 0.15) is 0 Å². The molecule has 0 atom stereocenters. The molecule has 0 bridgehead atoms. The third-order valence-electron chi connectivity index (χ3n) is 1.87. The van der Waals surface area contributed by atoms with Crippen LogP contribution in [0.5, 0.6) is 6.01 Å². The summed E-state index contributed by atoms with van der Waals surface area (Å²) in [5.74, 6) is 0.725. The minimum Gasteiger partial charge on any atom is -0.463 e. The lowest BCUT2D eigenvalue weighted by Crippen LogP contribution is -2.20. The van der Waals surface area contributed by atoms with Gasteiger partial charge < -0.3 is 15.4 Å². The maximum absolute atomic E-state index is 5.55. The van der Waals surface area contributed by atoms with E-state index < -0.39 is 0 Å². The van der Waals surface area contributed by atoms with Crippen LogP contribution in [0, 0.1) is 0 Å². The first kappa shape index (κ1) is 11.5. The van der Waals surface area contributed by atoms with Crippen molar-refractivity contribution >= 4 is 11.9 Å². The molecule has 1 aromatic rings. The van der Waals surface area contributed by atoms with Gasteiger partial charge in [-0.15, -0.1) is 0 Å². The molecular formula is C9H17N5O. The molecule has 0 aliphatic rings. The third kappa shape index (κ3) is 3.23. The quantitative estimate of drug-likeness (QED) is 0.772. The third-order valence-corrected chi connectivity index (χ3v) is 1.87. The van der Waals surface area contributed by atoms with Crippen molar-refractivity contribution in [2.24, 2.45) is 0 Å². The van der Waals surface area contributed by atoms with Gasteiger partial charge in [0, 0.05) is 13.6 Å². The van der Waals surface area contributed by atoms with E-state index in [-0.39, 0.29) is 5.95 Å². The molecule has 0 amide bonds. The average molecular weight is 211 g/mol. The molecule has 84 valence electrons. The van der Waals surface area contributed by atoms with Crippen molar-refractivity contribution in [1.29, 1.82) is 0 Å². The Morgan fingerprint density at radius 1 is 1.27 bits per heavy atom. The molecule has 0 radical (unpaired) electrons. The van der Waals surface area contributed by atoms with E-state index in [9.17, 15) is 0 Å². The number of hydrogen-bond donors (Lipinski definition) is 1. The Bertz CT molecular complexity index is 317. The topological polar surface area (TPSA) is 77.2 Å². The monoisotopic (exact) mass is 211 g/mol. The largest absolute Gasteiger partial charge is 0.463 e. The van der Waals surface area contributed by atoms with Gasteiger partial charge in [-0.25, -0.2) is 0 Å². The molecule has 0 unspecified atom stereocenters. The summed E-state index contributed by atoms with van der Waals surface area (Å²) < 4.78 is 5.30. The lowest BCUT2D eigenvalue weighted by molar-refractivity contribution is 0.292. The molecule has 0 aliphatic heterocycles. The summed E-state index contributed by atoms with van der Waals surface area (Å²) in [6.45, 7) is 5.41. The Morgan fingerprint density at radius 3 is 2.60 bits per heavy atom. The molecule has 0 aliphatic carbocycles. The Labute approximate surface area is 89.5 Å². The van der Waals surface area contributed by atoms with Gasteiger partial charge in [-0.3, -0.25) is 0 Å². The molecule has 2 N–H and O–H groups in total. The van der Waals surface area contributed by atoms with Crippen LogP contribution in [0.4, 0.5) is 11.9 Å². The molecular weight excluding hydrogens is 194 g/mol. The number of rotatable bonds is 5. The van der Waals surface area contributed by atoms with Gasteiger partial charge in [-0.1, -0.05) is 6.92 Å². The van der Waals surface area contributed by atoms with E-state index in [2.05, 4.69) is 15.0 Å². The first-order valence-electron chi connectivity index (χ1n) is 5.02. The SMILES string of the molecule is CCCOc1nc(N)nc(N(C)CC)n1. The van der Waals surface area contributed by atoms with Crippen LogP contribution in [0.2, 0.25) is 0 Å². The Kier molecular flexibility index (Phi) is 4.08. The van der Waals surface area contributed by atoms with Crippen molar-refractivity contribution in [3.8, 4) is 6.01 Å². The van der Waals surface area contributed by atoms with Crippen LogP contribution in [-0.4, -0.2) is 35.2 Å². The van der Waals surface area contributed by atoms with Crippen molar-refractivity contribution in [3.05, 3.63) is 0 Å². The molecule has 1 heterocycles. The predicted molar refractivity (Wildman–Crippen MR) is 59.0 cm³/mol. The first-order valence-corrected chi connectivity index (χ1v) is 5.02. The first-order chi connectivity index (χ1) is 7.17. The van der Waals surface area contributed by atoms with E-state index in [0.717, 1.165) is 13.0 Å². The fourth-order valence-corrected chi connectivity index (χ4v) is 0.931. The van der Waals surface area contributed by atoms with Crippen molar-refractivity contribution in [1.82, 2.24) is 15.0 Å². The van der Waals surface area contributed by atoms with Crippen molar-refractivity contribution in [3.63, 3.8) is 0 Å². The van der Waals surface area contributed by atoms with Crippen LogP contribution < -0.4 is 15.4 Å². The second kappa shape index (κ2) is 5.33. The van der Waals surface area contributed by atoms with E-state index >= 15 is 0 Å². The summed E-state index contributed by atoms with van der Waals surface area (Å²) in [7, 11) is 1.89. The second-order valence-corrected chi connectivity index (χ2v) is 3.14. The predicted octanol–water partition coefficient (Wildman–Crippen LogP) is 0.699. The lowest BCUT2D eigenvalue weighted by Gasteiger charge is -2.14. The van der Waals surface area contributed by atoms with Gasteiger partial charge in [0.05, 0.1) is 6.61 Å². The molecule has 0 spiro atoms. The number of anilines is 2. The number of nitrogens with two attached hydrogens (primary N) is 1. The minimum atomic E-state index is 0.186. The molecule has 0 saturated heterocycles. The van der Waals surface area contributed by atoms with E-state index in [4.69, 9.17) is 10.5 Å². The van der Waals surface area contributed by atoms with E-state index in [1.165, 1.54) is 0 Å². The molecule has 6 nitrogen and oxygen atoms in total. The molecule has 0 fully saturated rings. The fourth-order valence-electron chi connectivity index (χ4n) is 0.931. The lowest BCUT2D eigenvalue weighted by atomic mass is 10.5. The van der Waals surface area contributed by atoms with Crippen LogP contribution in [0.25, 0.3) is 0 Å². The van der Waals surface area contributed by atoms with Crippen LogP contribution in [-0.2, 0) is 0 Å². The van der Waals surface area contributed by atoms with Crippen molar-refractivity contribution in [2.45, 2.75) is 20.3 Å². The van der Waals surface area contributed by atoms with Gasteiger partial charge in [-0.05, 0) is 13.3 Å². The summed E-state index contributed by atoms with van der Waals surface area (Å²) in [5, 5.41) is 0. The van der Waals surface area contributed by atoms with E-state index in [0.29, 0.717) is 18.6 Å². The minimum absolute atomic E-state index is 0.186. The van der Waals surface area contributed by atoms with E-state index in [1.807, 2.05) is 25.8 Å². The van der Waals surface area contributed by atoms with Crippen molar-refractivity contribution < 1.29 is 4.74 Å². The Hall–Kier alpha value is -1.59. The molecule has 1 rings (SSSR count). The average Bonchev–Trinajstić information content (AvgIpc) is 2.24. The zero-order valence-electron chi connectivity index (χ0n) is 9.40. The maximum atomic E-state index is 5.55. The van der Waals surface area contributed by atoms with Crippen LogP contribution in [0.1, 0.15) is 20.3 Å². The second-order valence-electron chi connectivity index (χ2n) is 3.14. The highest BCUT2D eigenvalue weighted by Gasteiger charge is 2.07. The Balaban J connectivity index is 2.84. The summed E-state index contributed by atoms with van der Waals surface area (Å²) in [4.78, 5) is 13.9. The van der Waals surface area contributed by atoms with Gasteiger partial charge >= 0.3 is 6.01 Å². The molecule has 15 heavy (non-hydrogen) atoms. The zero-order valence-corrected chi connectivity index (χ0v) is 9.40. The van der Waals surface area contributed by atoms with Crippen LogP contribution in [0.3, 0.4) is 0 Å². The van der Waals surface area contributed by atoms with Gasteiger partial charge in [0.15, 0.2) is 0 Å². The summed E-state index contributed by atoms with van der Waals surface area (Å²) in [6.07, 6.45) is 0.907. The molecule has 0 aromatic carbocycles. The highest BCUT2D eigenvalue weighted by Crippen LogP contribution is 2.11. The zero-order chi connectivity index (χ0) is 11.3. The molecule has 6 heteroatoms. The van der Waals surface area contributed by atoms with Crippen LogP contribution in [0.15, 0.2) is 0 Å². The molecule has 0 saturated carbocycles. The van der Waals surface area contributed by atoms with Gasteiger partial charge in [0.2, 0.25) is 11.9 Å². The Morgan fingerprint density at radius 2 is 2.00 bits per heavy atom. The van der Waals surface area contributed by atoms with Crippen molar-refractivity contribution in [2.75, 3.05) is 30.8 Å². The highest BCUT2D eigenvalue weighted by molar-refractivity contribution is 5.34. The fraction of sp³-hybridized carbons (Fsp3) is 0.667. The number of hydrogen-bond acceptors (Lipinski definition) is 6. The summed E-state index contributed by atoms with van der Waals surface area (Å²) in [5.41, 5.74) is 5.55. The molecule has 1 aromatic heterocycles. The number of nitrogens with zero attached hydrogens (tertiary/aromatic N) is 4. The number of ether oxygens (including phenoxy) is 1. The smallest absolute Gasteiger partial charge is 0.323 e. The van der Waals surface area contributed by atoms with E-state index in [1.54, 1.807) is 0 Å². The van der Waals surface area contributed by atoms with Crippen LogP contribution >= 0.6 is 0 Å². The standard InChI is InChI=1S/C9H17N5O/c1-4-6-15-9-12-7(10)11-8(13-9)14(3)5-2/h4-6H2,1-3H3,(H2,10,11,12,13). The van der Waals surface area contributed by atoms with Gasteiger partial charge in [-0.2, -0.15) is 15.0 Å². The summed E-state index contributed by atoms with van der Waals surface area (Å²) >= 11 is 0. The highest BCUT2D eigenvalue weighted by atomic mass is 16.5. The number of nitrogen functional groups attached to an aromatic ring is 1. The summed E-state index contributed by atoms with van der Waals surface area (Å²) in [6, 6.07) is 0.291. The number of aromatic nitrogens is 3. The normalized spacial score (nSPS) is 10.1.